The van der Waals surface area contributed by atoms with Gasteiger partial charge < -0.3 is 36.2 Å². The Morgan fingerprint density at radius 1 is 0.833 bits per heavy atom. The molecule has 5 heterocycles. The molecule has 7 rings (SSSR count). The number of aryl methyl sites for hydroxylation is 2. The Morgan fingerprint density at radius 3 is 2.12 bits per heavy atom. The van der Waals surface area contributed by atoms with E-state index in [1.165, 1.54) is 16.9 Å². The van der Waals surface area contributed by atoms with Crippen molar-refractivity contribution < 1.29 is 53.3 Å². The number of rotatable bonds is 11. The van der Waals surface area contributed by atoms with Crippen molar-refractivity contribution in [2.24, 2.45) is 22.7 Å². The second kappa shape index (κ2) is 28.3. The summed E-state index contributed by atoms with van der Waals surface area (Å²) in [6.07, 6.45) is 7.98. The van der Waals surface area contributed by atoms with E-state index in [-0.39, 0.29) is 37.0 Å². The number of carbonyl (C=O) groups is 8. The molecule has 0 spiro atoms. The fourth-order valence-electron chi connectivity index (χ4n) is 9.88. The first-order chi connectivity index (χ1) is 38.9. The van der Waals surface area contributed by atoms with Crippen molar-refractivity contribution in [3.05, 3.63) is 94.3 Å². The van der Waals surface area contributed by atoms with Gasteiger partial charge in [0, 0.05) is 23.9 Å². The van der Waals surface area contributed by atoms with E-state index in [9.17, 15) is 48.6 Å². The lowest BCUT2D eigenvalue weighted by Gasteiger charge is -2.35. The van der Waals surface area contributed by atoms with Crippen LogP contribution in [0.2, 0.25) is 0 Å². The van der Waals surface area contributed by atoms with Crippen LogP contribution in [-0.4, -0.2) is 127 Å². The first-order valence-electron chi connectivity index (χ1n) is 28.6. The van der Waals surface area contributed by atoms with Gasteiger partial charge in [0.25, 0.3) is 11.8 Å². The Bertz CT molecular complexity index is 3170. The number of pyridine rings is 2. The first-order valence-corrected chi connectivity index (χ1v) is 28.6. The summed E-state index contributed by atoms with van der Waals surface area (Å²) >= 11 is 0. The van der Waals surface area contributed by atoms with Crippen LogP contribution in [-0.2, 0) is 43.1 Å². The van der Waals surface area contributed by atoms with Crippen molar-refractivity contribution in [1.82, 2.24) is 52.1 Å². The van der Waals surface area contributed by atoms with Gasteiger partial charge in [0.05, 0.1) is 39.4 Å². The van der Waals surface area contributed by atoms with Crippen LogP contribution < -0.4 is 32.1 Å². The molecule has 84 heavy (non-hydrogen) atoms. The van der Waals surface area contributed by atoms with Gasteiger partial charge in [-0.15, -0.1) is 0 Å². The molecule has 3 aliphatic rings. The topological polar surface area (TPSA) is 291 Å². The zero-order valence-electron chi connectivity index (χ0n) is 50.3. The molecule has 2 fully saturated rings. The summed E-state index contributed by atoms with van der Waals surface area (Å²) in [5.41, 5.74) is 10.0. The Balaban J connectivity index is 0.000000304. The molecule has 0 radical (unpaired) electrons. The number of aliphatic hydroxyl groups excluding tert-OH is 1. The smallest absolute Gasteiger partial charge is 0.325 e. The highest BCUT2D eigenvalue weighted by atomic mass is 16.5. The quantitative estimate of drug-likeness (QED) is 0.0714. The number of esters is 1. The number of carboxylic acid groups (broad SMARTS) is 1. The Hall–Kier alpha value is -7.62. The van der Waals surface area contributed by atoms with Crippen molar-refractivity contribution in [1.29, 1.82) is 0 Å². The third-order valence-corrected chi connectivity index (χ3v) is 15.2. The SMILES string of the molecule is C.Cc1cc2ccc(/C=C/C(C)(C)C(=O)N[C@H](C(=O)N[C@@H](C)C(=O)N3CCC[C@@H](C(=O)O)N3)C(C)C)cc2nc1[C@@H](C)O.Cc1cc2ccc3cc2nc1[C@@H](C)OC(=O)[C@@H]1CCCN(N1)C(=O)[C@H](C)NC(=O)[C@H](C(C)C)NC(=O)C(C)(C)/C=C/3. The summed E-state index contributed by atoms with van der Waals surface area (Å²) in [5, 5.41) is 34.9. The van der Waals surface area contributed by atoms with Crippen LogP contribution in [0.15, 0.2) is 60.7 Å². The second-order valence-corrected chi connectivity index (χ2v) is 24.0. The summed E-state index contributed by atoms with van der Waals surface area (Å²) in [7, 11) is 0. The molecule has 6 amide bonds. The number of hydrogen-bond acceptors (Lipinski definition) is 14. The fourth-order valence-corrected chi connectivity index (χ4v) is 9.88. The molecule has 3 aliphatic heterocycles. The normalized spacial score (nSPS) is 22.2. The van der Waals surface area contributed by atoms with Gasteiger partial charge in [0.1, 0.15) is 42.4 Å². The molecule has 0 unspecified atom stereocenters. The predicted molar refractivity (Wildman–Crippen MR) is 323 cm³/mol. The van der Waals surface area contributed by atoms with Crippen molar-refractivity contribution in [3.8, 4) is 0 Å². The molecule has 0 aliphatic carbocycles. The van der Waals surface area contributed by atoms with E-state index in [0.29, 0.717) is 50.2 Å². The number of carboxylic acids is 1. The maximum Gasteiger partial charge on any atom is 0.325 e. The average molecular weight is 1160 g/mol. The molecule has 2 saturated heterocycles. The minimum atomic E-state index is -1.04. The molecular weight excluding hydrogens is 1070 g/mol. The lowest BCUT2D eigenvalue weighted by atomic mass is 9.89. The molecule has 21 nitrogen and oxygen atoms in total. The van der Waals surface area contributed by atoms with Gasteiger partial charge in [-0.3, -0.25) is 48.4 Å². The number of fused-ring (bicyclic) bond motifs is 5. The van der Waals surface area contributed by atoms with Crippen molar-refractivity contribution in [2.45, 2.75) is 179 Å². The van der Waals surface area contributed by atoms with E-state index in [1.54, 1.807) is 74.5 Å². The molecule has 5 bridgehead atoms. The standard InChI is InChI=1S/C31H43N5O6.C31H41N5O5.CH4/c1-17(2)25(27(38)32-19(4)28(39)36-14-8-9-23(35-36)29(40)41)34-30(42)31(6,7)13-12-21-10-11-22-15-18(3)26(20(5)37)33-24(22)16-21;1-17(2)25-27(37)32-19(4)28(38)36-14-8-9-23(35-36)29(39)41-20(5)26-18(3)15-22-11-10-21(16-24(22)33-26)12-13-31(6,7)30(40)34-25;/h10-13,15-17,19-20,23,25,35,37H,8-9,14H2,1-7H3,(H,32,38)(H,34,42)(H,40,41);10-13,15-17,19-20,23,25,35H,8-9,14H2,1-7H3,(H,32,37)(H,34,40);1H4/b2*13-12+;/t2*19-,20+,23-,25-;/m00./s1. The van der Waals surface area contributed by atoms with Gasteiger partial charge in [-0.2, -0.15) is 0 Å². The van der Waals surface area contributed by atoms with E-state index >= 15 is 0 Å². The van der Waals surface area contributed by atoms with Gasteiger partial charge in [0.15, 0.2) is 0 Å². The number of hydrogen-bond donors (Lipinski definition) is 8. The summed E-state index contributed by atoms with van der Waals surface area (Å²) in [6.45, 7) is 25.5. The summed E-state index contributed by atoms with van der Waals surface area (Å²) in [4.78, 5) is 113. The van der Waals surface area contributed by atoms with Crippen molar-refractivity contribution >= 4 is 81.3 Å². The summed E-state index contributed by atoms with van der Waals surface area (Å²) < 4.78 is 5.83. The highest BCUT2D eigenvalue weighted by molar-refractivity contribution is 5.96. The molecule has 456 valence electrons. The average Bonchev–Trinajstić information content (AvgIpc) is 2.33. The number of cyclic esters (lactones) is 1. The molecule has 8 N–H and O–H groups in total. The minimum absolute atomic E-state index is 0. The number of hydrazine groups is 2. The molecule has 8 atom stereocenters. The Kier molecular flexibility index (Phi) is 22.6. The van der Waals surface area contributed by atoms with Gasteiger partial charge in [0.2, 0.25) is 23.6 Å². The van der Waals surface area contributed by atoms with Gasteiger partial charge in [-0.1, -0.05) is 83.7 Å². The van der Waals surface area contributed by atoms with Crippen molar-refractivity contribution in [3.63, 3.8) is 0 Å². The van der Waals surface area contributed by atoms with E-state index < -0.39 is 88.9 Å². The van der Waals surface area contributed by atoms with Crippen LogP contribution in [0.3, 0.4) is 0 Å². The number of benzene rings is 2. The number of carbonyl (C=O) groups excluding carboxylic acids is 7. The van der Waals surface area contributed by atoms with Gasteiger partial charge in [-0.05, 0) is 153 Å². The lowest BCUT2D eigenvalue weighted by Crippen LogP contribution is -2.61. The van der Waals surface area contributed by atoms with Gasteiger partial charge in [-0.25, -0.2) is 20.8 Å². The Morgan fingerprint density at radius 2 is 1.48 bits per heavy atom. The maximum absolute atomic E-state index is 13.3. The lowest BCUT2D eigenvalue weighted by molar-refractivity contribution is -0.157. The number of nitrogens with zero attached hydrogens (tertiary/aromatic N) is 4. The number of amides is 6. The zero-order valence-corrected chi connectivity index (χ0v) is 50.3. The van der Waals surface area contributed by atoms with Crippen LogP contribution >= 0.6 is 0 Å². The zero-order chi connectivity index (χ0) is 61.4. The highest BCUT2D eigenvalue weighted by Crippen LogP contribution is 2.29. The summed E-state index contributed by atoms with van der Waals surface area (Å²) in [5.74, 6) is -4.46. The van der Waals surface area contributed by atoms with Crippen molar-refractivity contribution in [2.75, 3.05) is 13.1 Å². The Labute approximate surface area is 493 Å². The van der Waals surface area contributed by atoms with Crippen LogP contribution in [0, 0.1) is 36.5 Å². The third-order valence-electron chi connectivity index (χ3n) is 15.2. The van der Waals surface area contributed by atoms with Crippen LogP contribution in [0.25, 0.3) is 34.0 Å². The largest absolute Gasteiger partial charge is 0.480 e. The molecule has 0 saturated carbocycles. The highest BCUT2D eigenvalue weighted by Gasteiger charge is 2.37. The third kappa shape index (κ3) is 16.8. The van der Waals surface area contributed by atoms with Crippen LogP contribution in [0.5, 0.6) is 0 Å². The molecule has 21 heteroatoms. The number of aromatic nitrogens is 2. The number of aliphatic carboxylic acids is 1. The minimum Gasteiger partial charge on any atom is -0.480 e. The summed E-state index contributed by atoms with van der Waals surface area (Å²) in [6, 6.07) is 10.5. The molecule has 2 aromatic carbocycles. The van der Waals surface area contributed by atoms with Crippen LogP contribution in [0.1, 0.15) is 162 Å². The molecule has 4 aromatic rings. The first kappa shape index (κ1) is 67.2. The van der Waals surface area contributed by atoms with E-state index in [0.717, 1.165) is 44.1 Å². The predicted octanol–water partition coefficient (Wildman–Crippen LogP) is 6.84. The van der Waals surface area contributed by atoms with Crippen LogP contribution in [0.4, 0.5) is 0 Å². The van der Waals surface area contributed by atoms with Gasteiger partial charge >= 0.3 is 11.9 Å². The van der Waals surface area contributed by atoms with E-state index in [4.69, 9.17) is 9.72 Å². The monoisotopic (exact) mass is 1160 g/mol. The van der Waals surface area contributed by atoms with E-state index in [1.807, 2.05) is 88.4 Å². The number of aliphatic hydroxyl groups is 1. The second-order valence-electron chi connectivity index (χ2n) is 24.0. The molecular formula is C63H88N10O11. The fraction of sp³-hybridized carbons (Fsp3) is 0.524. The number of nitrogens with one attached hydrogen (secondary N) is 6. The molecule has 2 aromatic heterocycles. The maximum atomic E-state index is 13.3. The number of ether oxygens (including phenoxy) is 1. The van der Waals surface area contributed by atoms with E-state index in [2.05, 4.69) is 37.1 Å².